The average Bonchev–Trinajstić information content (AvgIpc) is 2.86. The summed E-state index contributed by atoms with van der Waals surface area (Å²) in [4.78, 5) is 15.5. The van der Waals surface area contributed by atoms with Gasteiger partial charge in [0.25, 0.3) is 0 Å². The first-order valence-electron chi connectivity index (χ1n) is 5.51. The second-order valence-electron chi connectivity index (χ2n) is 4.03. The minimum Gasteiger partial charge on any atom is -0.451 e. The van der Waals surface area contributed by atoms with Gasteiger partial charge in [-0.25, -0.2) is 4.98 Å². The number of aromatic nitrogens is 1. The molecule has 4 heteroatoms. The summed E-state index contributed by atoms with van der Waals surface area (Å²) in [5.74, 6) is 0.130. The Morgan fingerprint density at radius 2 is 2.33 bits per heavy atom. The Bertz CT molecular complexity index is 302. The normalized spacial score (nSPS) is 16.8. The molecule has 1 aromatic heterocycles. The fraction of sp³-hybridized carbons (Fsp3) is 0.636. The van der Waals surface area contributed by atoms with Crippen LogP contribution < -0.4 is 5.32 Å². The van der Waals surface area contributed by atoms with E-state index >= 15 is 0 Å². The molecule has 0 radical (unpaired) electrons. The van der Waals surface area contributed by atoms with Crippen molar-refractivity contribution in [3.8, 4) is 0 Å². The number of carbonyl (C=O) groups is 1. The molecule has 15 heavy (non-hydrogen) atoms. The molecular formula is C11H16N2O2. The minimum atomic E-state index is 0.130. The van der Waals surface area contributed by atoms with E-state index < -0.39 is 0 Å². The van der Waals surface area contributed by atoms with Crippen molar-refractivity contribution in [3.63, 3.8) is 0 Å². The largest absolute Gasteiger partial charge is 0.451 e. The highest BCUT2D eigenvalue weighted by molar-refractivity contribution is 5.76. The molecule has 1 aromatic rings. The molecule has 0 bridgehead atoms. The fourth-order valence-electron chi connectivity index (χ4n) is 1.97. The van der Waals surface area contributed by atoms with Crippen LogP contribution in [-0.2, 0) is 11.2 Å². The molecule has 0 saturated heterocycles. The summed E-state index contributed by atoms with van der Waals surface area (Å²) >= 11 is 0. The smallest absolute Gasteiger partial charge is 0.220 e. The van der Waals surface area contributed by atoms with Crippen LogP contribution in [0.3, 0.4) is 0 Å². The van der Waals surface area contributed by atoms with E-state index in [4.69, 9.17) is 4.42 Å². The maximum absolute atomic E-state index is 11.5. The van der Waals surface area contributed by atoms with Crippen LogP contribution in [0.15, 0.2) is 17.1 Å². The van der Waals surface area contributed by atoms with Crippen LogP contribution >= 0.6 is 0 Å². The third-order valence-corrected chi connectivity index (χ3v) is 2.81. The number of hydrogen-bond donors (Lipinski definition) is 1. The highest BCUT2D eigenvalue weighted by Crippen LogP contribution is 2.17. The van der Waals surface area contributed by atoms with Crippen LogP contribution in [-0.4, -0.2) is 16.9 Å². The van der Waals surface area contributed by atoms with E-state index in [-0.39, 0.29) is 5.91 Å². The topological polar surface area (TPSA) is 55.1 Å². The van der Waals surface area contributed by atoms with E-state index in [2.05, 4.69) is 10.3 Å². The maximum Gasteiger partial charge on any atom is 0.220 e. The zero-order valence-corrected chi connectivity index (χ0v) is 8.74. The molecule has 1 fully saturated rings. The molecule has 0 spiro atoms. The summed E-state index contributed by atoms with van der Waals surface area (Å²) in [5.41, 5.74) is 0.844. The van der Waals surface area contributed by atoms with Crippen molar-refractivity contribution < 1.29 is 9.21 Å². The molecule has 4 nitrogen and oxygen atoms in total. The van der Waals surface area contributed by atoms with Crippen molar-refractivity contribution in [2.75, 3.05) is 0 Å². The van der Waals surface area contributed by atoms with Gasteiger partial charge < -0.3 is 9.73 Å². The number of nitrogens with one attached hydrogen (secondary N) is 1. The van der Waals surface area contributed by atoms with Crippen molar-refractivity contribution in [1.29, 1.82) is 0 Å². The van der Waals surface area contributed by atoms with Gasteiger partial charge in [0.1, 0.15) is 6.26 Å². The molecule has 0 aliphatic heterocycles. The second kappa shape index (κ2) is 4.96. The van der Waals surface area contributed by atoms with Crippen LogP contribution in [0.1, 0.15) is 37.8 Å². The monoisotopic (exact) mass is 208 g/mol. The average molecular weight is 208 g/mol. The number of carbonyl (C=O) groups excluding carboxylic acids is 1. The van der Waals surface area contributed by atoms with Gasteiger partial charge in [0.05, 0.1) is 5.69 Å². The summed E-state index contributed by atoms with van der Waals surface area (Å²) in [6.07, 6.45) is 8.90. The van der Waals surface area contributed by atoms with E-state index in [0.29, 0.717) is 18.9 Å². The predicted molar refractivity (Wildman–Crippen MR) is 55.2 cm³/mol. The predicted octanol–water partition coefficient (Wildman–Crippen LogP) is 1.67. The quantitative estimate of drug-likeness (QED) is 0.818. The van der Waals surface area contributed by atoms with Gasteiger partial charge in [-0.2, -0.15) is 0 Å². The number of aryl methyl sites for hydroxylation is 1. The zero-order valence-electron chi connectivity index (χ0n) is 8.74. The lowest BCUT2D eigenvalue weighted by Gasteiger charge is -2.10. The third kappa shape index (κ3) is 3.08. The Hall–Kier alpha value is -1.32. The Labute approximate surface area is 89.1 Å². The van der Waals surface area contributed by atoms with Gasteiger partial charge in [-0.1, -0.05) is 12.8 Å². The van der Waals surface area contributed by atoms with Crippen LogP contribution in [0.4, 0.5) is 0 Å². The lowest BCUT2D eigenvalue weighted by atomic mass is 10.2. The number of oxazole rings is 1. The first kappa shape index (κ1) is 10.2. The van der Waals surface area contributed by atoms with Crippen LogP contribution in [0.25, 0.3) is 0 Å². The second-order valence-corrected chi connectivity index (χ2v) is 4.03. The Morgan fingerprint density at radius 1 is 1.53 bits per heavy atom. The number of amides is 1. The standard InChI is InChI=1S/C11H16N2O2/c14-11(13-9-3-1-2-4-9)6-5-10-7-15-8-12-10/h7-9H,1-6H2,(H,13,14). The van der Waals surface area contributed by atoms with Gasteiger partial charge in [0.15, 0.2) is 6.39 Å². The highest BCUT2D eigenvalue weighted by Gasteiger charge is 2.16. The van der Waals surface area contributed by atoms with Crippen molar-refractivity contribution >= 4 is 5.91 Å². The molecule has 1 aliphatic carbocycles. The van der Waals surface area contributed by atoms with Gasteiger partial charge in [-0.05, 0) is 12.8 Å². The van der Waals surface area contributed by atoms with E-state index in [1.165, 1.54) is 19.2 Å². The number of nitrogens with zero attached hydrogens (tertiary/aromatic N) is 1. The molecule has 1 N–H and O–H groups in total. The van der Waals surface area contributed by atoms with Gasteiger partial charge in [0, 0.05) is 18.9 Å². The van der Waals surface area contributed by atoms with Crippen molar-refractivity contribution in [2.45, 2.75) is 44.6 Å². The third-order valence-electron chi connectivity index (χ3n) is 2.81. The summed E-state index contributed by atoms with van der Waals surface area (Å²) in [6, 6.07) is 0.412. The van der Waals surface area contributed by atoms with Crippen LogP contribution in [0.5, 0.6) is 0 Å². The number of hydrogen-bond acceptors (Lipinski definition) is 3. The fourth-order valence-corrected chi connectivity index (χ4v) is 1.97. The first-order chi connectivity index (χ1) is 7.34. The molecule has 1 saturated carbocycles. The summed E-state index contributed by atoms with van der Waals surface area (Å²) in [6.45, 7) is 0. The molecule has 2 rings (SSSR count). The van der Waals surface area contributed by atoms with Crippen molar-refractivity contribution in [3.05, 3.63) is 18.4 Å². The molecule has 82 valence electrons. The van der Waals surface area contributed by atoms with E-state index in [9.17, 15) is 4.79 Å². The summed E-state index contributed by atoms with van der Waals surface area (Å²) in [5, 5.41) is 3.04. The minimum absolute atomic E-state index is 0.130. The van der Waals surface area contributed by atoms with Gasteiger partial charge in [-0.3, -0.25) is 4.79 Å². The molecular weight excluding hydrogens is 192 g/mol. The Kier molecular flexibility index (Phi) is 3.37. The number of rotatable bonds is 4. The van der Waals surface area contributed by atoms with Crippen molar-refractivity contribution in [2.24, 2.45) is 0 Å². The Balaban J connectivity index is 1.68. The maximum atomic E-state index is 11.5. The molecule has 0 atom stereocenters. The summed E-state index contributed by atoms with van der Waals surface area (Å²) in [7, 11) is 0. The van der Waals surface area contributed by atoms with Gasteiger partial charge in [-0.15, -0.1) is 0 Å². The van der Waals surface area contributed by atoms with Crippen LogP contribution in [0, 0.1) is 0 Å². The molecule has 1 aliphatic rings. The highest BCUT2D eigenvalue weighted by atomic mass is 16.3. The van der Waals surface area contributed by atoms with Gasteiger partial charge >= 0.3 is 0 Å². The molecule has 0 aromatic carbocycles. The van der Waals surface area contributed by atoms with Gasteiger partial charge in [0.2, 0.25) is 5.91 Å². The zero-order chi connectivity index (χ0) is 10.5. The Morgan fingerprint density at radius 3 is 3.00 bits per heavy atom. The van der Waals surface area contributed by atoms with Crippen LogP contribution in [0.2, 0.25) is 0 Å². The van der Waals surface area contributed by atoms with Crippen molar-refractivity contribution in [1.82, 2.24) is 10.3 Å². The van der Waals surface area contributed by atoms with E-state index in [1.54, 1.807) is 6.26 Å². The molecule has 1 heterocycles. The SMILES string of the molecule is O=C(CCc1cocn1)NC1CCCC1. The van der Waals surface area contributed by atoms with E-state index in [1.807, 2.05) is 0 Å². The lowest BCUT2D eigenvalue weighted by molar-refractivity contribution is -0.121. The first-order valence-corrected chi connectivity index (χ1v) is 5.51. The molecule has 0 unspecified atom stereocenters. The molecule has 1 amide bonds. The van der Waals surface area contributed by atoms with E-state index in [0.717, 1.165) is 18.5 Å². The lowest BCUT2D eigenvalue weighted by Crippen LogP contribution is -2.32. The summed E-state index contributed by atoms with van der Waals surface area (Å²) < 4.78 is 4.84.